The molecule has 0 heterocycles. The minimum absolute atomic E-state index is 0.127. The number of benzene rings is 3. The van der Waals surface area contributed by atoms with Crippen LogP contribution >= 0.6 is 11.6 Å². The number of carboxylic acids is 1. The molecule has 11 heteroatoms. The zero-order valence-corrected chi connectivity index (χ0v) is 18.1. The normalized spacial score (nSPS) is 11.9. The van der Waals surface area contributed by atoms with Gasteiger partial charge in [0.05, 0.1) is 27.7 Å². The average Bonchev–Trinajstić information content (AvgIpc) is 2.69. The lowest BCUT2D eigenvalue weighted by molar-refractivity contribution is -0.138. The van der Waals surface area contributed by atoms with Crippen molar-refractivity contribution in [3.63, 3.8) is 0 Å². The second kappa shape index (κ2) is 9.40. The van der Waals surface area contributed by atoms with Crippen LogP contribution in [-0.4, -0.2) is 19.5 Å². The molecular weight excluding hydrogens is 488 g/mol. The predicted molar refractivity (Wildman–Crippen MR) is 112 cm³/mol. The van der Waals surface area contributed by atoms with Gasteiger partial charge in [0.25, 0.3) is 0 Å². The van der Waals surface area contributed by atoms with E-state index >= 15 is 0 Å². The number of aliphatic carboxylic acids is 1. The molecule has 0 amide bonds. The fourth-order valence-electron chi connectivity index (χ4n) is 2.93. The molecule has 3 aromatic rings. The maximum absolute atomic E-state index is 13.2. The van der Waals surface area contributed by atoms with E-state index in [1.54, 1.807) is 0 Å². The second-order valence-electron chi connectivity index (χ2n) is 7.01. The third kappa shape index (κ3) is 6.45. The largest absolute Gasteiger partial charge is 0.481 e. The number of ether oxygens (including phenoxy) is 1. The first-order valence-electron chi connectivity index (χ1n) is 9.21. The molecule has 0 atom stereocenters. The van der Waals surface area contributed by atoms with Crippen molar-refractivity contribution in [2.24, 2.45) is 0 Å². The lowest BCUT2D eigenvalue weighted by Crippen LogP contribution is -2.08. The second-order valence-corrected chi connectivity index (χ2v) is 9.41. The third-order valence-electron chi connectivity index (χ3n) is 4.41. The van der Waals surface area contributed by atoms with E-state index in [4.69, 9.17) is 21.4 Å². The molecule has 0 unspecified atom stereocenters. The molecule has 0 aliphatic carbocycles. The first-order chi connectivity index (χ1) is 15.3. The first kappa shape index (κ1) is 24.5. The van der Waals surface area contributed by atoms with Crippen LogP contribution < -0.4 is 4.74 Å². The van der Waals surface area contributed by atoms with Crippen molar-refractivity contribution in [3.8, 4) is 11.5 Å². The van der Waals surface area contributed by atoms with Gasteiger partial charge in [-0.15, -0.1) is 0 Å². The van der Waals surface area contributed by atoms with Crippen LogP contribution in [0.15, 0.2) is 65.6 Å². The van der Waals surface area contributed by atoms with Crippen molar-refractivity contribution < 1.29 is 40.6 Å². The van der Waals surface area contributed by atoms with Crippen LogP contribution in [-0.2, 0) is 33.0 Å². The maximum Gasteiger partial charge on any atom is 0.416 e. The van der Waals surface area contributed by atoms with E-state index in [9.17, 15) is 30.8 Å². The average molecular weight is 503 g/mol. The molecule has 0 aliphatic heterocycles. The van der Waals surface area contributed by atoms with E-state index in [0.29, 0.717) is 17.7 Å². The zero-order chi connectivity index (χ0) is 24.4. The Morgan fingerprint density at radius 2 is 1.64 bits per heavy atom. The summed E-state index contributed by atoms with van der Waals surface area (Å²) in [6, 6.07) is 10.9. The fourth-order valence-corrected chi connectivity index (χ4v) is 4.58. The summed E-state index contributed by atoms with van der Waals surface area (Å²) in [4.78, 5) is 10.7. The van der Waals surface area contributed by atoms with E-state index in [2.05, 4.69) is 0 Å². The van der Waals surface area contributed by atoms with Gasteiger partial charge in [0.1, 0.15) is 17.3 Å². The highest BCUT2D eigenvalue weighted by molar-refractivity contribution is 7.90. The number of sulfone groups is 1. The van der Waals surface area contributed by atoms with Gasteiger partial charge in [0.15, 0.2) is 9.84 Å². The summed E-state index contributed by atoms with van der Waals surface area (Å²) in [5, 5.41) is 8.71. The predicted octanol–water partition coefficient (Wildman–Crippen LogP) is 5.89. The minimum atomic E-state index is -4.74. The summed E-state index contributed by atoms with van der Waals surface area (Å²) in [5.74, 6) is -2.70. The molecular formula is C22H15ClF4O5S. The maximum atomic E-state index is 13.2. The molecule has 0 fully saturated rings. The Kier molecular flexibility index (Phi) is 6.99. The van der Waals surface area contributed by atoms with Gasteiger partial charge in [-0.25, -0.2) is 12.8 Å². The number of rotatable bonds is 7. The quantitative estimate of drug-likeness (QED) is 0.407. The van der Waals surface area contributed by atoms with Gasteiger partial charge in [0, 0.05) is 0 Å². The molecule has 3 aromatic carbocycles. The Morgan fingerprint density at radius 1 is 0.970 bits per heavy atom. The van der Waals surface area contributed by atoms with Crippen LogP contribution in [0.2, 0.25) is 5.02 Å². The van der Waals surface area contributed by atoms with E-state index in [1.807, 2.05) is 0 Å². The van der Waals surface area contributed by atoms with Crippen LogP contribution in [0.5, 0.6) is 11.5 Å². The minimum Gasteiger partial charge on any atom is -0.481 e. The SMILES string of the molecule is O=C(O)Cc1cc(Oc2ccc(S(=O)(=O)Cc3ccc(F)cc3)cc2Cl)cc(C(F)(F)F)c1. The highest BCUT2D eigenvalue weighted by Crippen LogP contribution is 2.37. The topological polar surface area (TPSA) is 80.7 Å². The summed E-state index contributed by atoms with van der Waals surface area (Å²) in [6.07, 6.45) is -5.40. The molecule has 1 N–H and O–H groups in total. The van der Waals surface area contributed by atoms with Crippen molar-refractivity contribution in [2.45, 2.75) is 23.2 Å². The number of carboxylic acid groups (broad SMARTS) is 1. The highest BCUT2D eigenvalue weighted by Gasteiger charge is 2.31. The molecule has 0 spiro atoms. The third-order valence-corrected chi connectivity index (χ3v) is 6.39. The van der Waals surface area contributed by atoms with Crippen LogP contribution in [0, 0.1) is 5.82 Å². The van der Waals surface area contributed by atoms with Gasteiger partial charge in [-0.1, -0.05) is 23.7 Å². The molecule has 0 aromatic heterocycles. The Morgan fingerprint density at radius 3 is 2.21 bits per heavy atom. The lowest BCUT2D eigenvalue weighted by atomic mass is 10.1. The van der Waals surface area contributed by atoms with E-state index in [1.165, 1.54) is 24.3 Å². The molecule has 0 aliphatic rings. The summed E-state index contributed by atoms with van der Waals surface area (Å²) >= 11 is 6.11. The molecule has 5 nitrogen and oxygen atoms in total. The van der Waals surface area contributed by atoms with Crippen molar-refractivity contribution in [3.05, 3.63) is 88.2 Å². The summed E-state index contributed by atoms with van der Waals surface area (Å²) in [7, 11) is -3.86. The van der Waals surface area contributed by atoms with Crippen LogP contribution in [0.1, 0.15) is 16.7 Å². The van der Waals surface area contributed by atoms with Crippen LogP contribution in [0.3, 0.4) is 0 Å². The van der Waals surface area contributed by atoms with Gasteiger partial charge >= 0.3 is 12.1 Å². The Balaban J connectivity index is 1.88. The standard InChI is InChI=1S/C22H15ClF4O5S/c23-19-11-18(33(30,31)12-13-1-3-16(24)4-2-13)5-6-20(19)32-17-8-14(9-21(28)29)7-15(10-17)22(25,26)27/h1-8,10-11H,9,12H2,(H,28,29). The number of alkyl halides is 3. The van der Waals surface area contributed by atoms with Crippen LogP contribution in [0.4, 0.5) is 17.6 Å². The van der Waals surface area contributed by atoms with Crippen molar-refractivity contribution >= 4 is 27.4 Å². The Labute approximate surface area is 191 Å². The number of carbonyl (C=O) groups is 1. The summed E-state index contributed by atoms with van der Waals surface area (Å²) < 4.78 is 83.2. The molecule has 0 saturated heterocycles. The van der Waals surface area contributed by atoms with E-state index in [0.717, 1.165) is 24.3 Å². The Bertz CT molecular complexity index is 1290. The monoisotopic (exact) mass is 502 g/mol. The fraction of sp³-hybridized carbons (Fsp3) is 0.136. The van der Waals surface area contributed by atoms with Gasteiger partial charge in [0.2, 0.25) is 0 Å². The van der Waals surface area contributed by atoms with Gasteiger partial charge in [-0.05, 0) is 59.7 Å². The molecule has 0 bridgehead atoms. The van der Waals surface area contributed by atoms with E-state index < -0.39 is 45.5 Å². The molecule has 0 saturated carbocycles. The van der Waals surface area contributed by atoms with Crippen molar-refractivity contribution in [1.29, 1.82) is 0 Å². The van der Waals surface area contributed by atoms with Crippen molar-refractivity contribution in [1.82, 2.24) is 0 Å². The summed E-state index contributed by atoms with van der Waals surface area (Å²) in [6.45, 7) is 0. The van der Waals surface area contributed by atoms with Gasteiger partial charge in [-0.3, -0.25) is 4.79 Å². The number of hydrogen-bond acceptors (Lipinski definition) is 4. The van der Waals surface area contributed by atoms with Gasteiger partial charge < -0.3 is 9.84 Å². The lowest BCUT2D eigenvalue weighted by Gasteiger charge is -2.14. The zero-order valence-electron chi connectivity index (χ0n) is 16.6. The Hall–Kier alpha value is -3.11. The molecule has 33 heavy (non-hydrogen) atoms. The molecule has 0 radical (unpaired) electrons. The van der Waals surface area contributed by atoms with Gasteiger partial charge in [-0.2, -0.15) is 13.2 Å². The smallest absolute Gasteiger partial charge is 0.416 e. The first-order valence-corrected chi connectivity index (χ1v) is 11.2. The molecule has 174 valence electrons. The van der Waals surface area contributed by atoms with Crippen molar-refractivity contribution in [2.75, 3.05) is 0 Å². The number of hydrogen-bond donors (Lipinski definition) is 1. The van der Waals surface area contributed by atoms with E-state index in [-0.39, 0.29) is 27.0 Å². The molecule has 3 rings (SSSR count). The highest BCUT2D eigenvalue weighted by atomic mass is 35.5. The van der Waals surface area contributed by atoms with Crippen LogP contribution in [0.25, 0.3) is 0 Å². The summed E-state index contributed by atoms with van der Waals surface area (Å²) in [5.41, 5.74) is -0.893. The number of halogens is 5.